The molecule has 30 heavy (non-hydrogen) atoms. The molecule has 7 nitrogen and oxygen atoms in total. The normalized spacial score (nSPS) is 11.9. The molecule has 0 saturated heterocycles. The number of phenols is 1. The monoisotopic (exact) mass is 491 g/mol. The van der Waals surface area contributed by atoms with Gasteiger partial charge in [0.15, 0.2) is 11.5 Å². The molecule has 0 aliphatic carbocycles. The molecule has 0 amide bonds. The number of aromatic hydroxyl groups is 1. The van der Waals surface area contributed by atoms with Crippen molar-refractivity contribution in [3.05, 3.63) is 56.6 Å². The predicted octanol–water partition coefficient (Wildman–Crippen LogP) is 4.13. The summed E-state index contributed by atoms with van der Waals surface area (Å²) in [6, 6.07) is 11.3. The van der Waals surface area contributed by atoms with Gasteiger partial charge in [0.2, 0.25) is 4.80 Å². The Balaban J connectivity index is 2.04. The summed E-state index contributed by atoms with van der Waals surface area (Å²) >= 11 is 4.84. The number of nitrogens with zero attached hydrogens (tertiary/aromatic N) is 3. The molecule has 0 unspecified atom stereocenters. The van der Waals surface area contributed by atoms with E-state index in [-0.39, 0.29) is 5.75 Å². The Kier molecular flexibility index (Phi) is 7.67. The van der Waals surface area contributed by atoms with E-state index in [1.807, 2.05) is 29.6 Å². The molecule has 0 spiro atoms. The highest BCUT2D eigenvalue weighted by atomic mass is 79.9. The third-order valence-corrected chi connectivity index (χ3v) is 5.67. The Labute approximate surface area is 187 Å². The first-order valence-corrected chi connectivity index (χ1v) is 10.7. The van der Waals surface area contributed by atoms with Crippen LogP contribution in [0, 0.1) is 0 Å². The smallest absolute Gasteiger partial charge is 0.206 e. The van der Waals surface area contributed by atoms with E-state index in [4.69, 9.17) is 14.2 Å². The van der Waals surface area contributed by atoms with Gasteiger partial charge in [-0.25, -0.2) is 4.68 Å². The number of rotatable bonds is 8. The van der Waals surface area contributed by atoms with Gasteiger partial charge in [-0.05, 0) is 57.9 Å². The van der Waals surface area contributed by atoms with E-state index in [1.165, 1.54) is 18.4 Å². The molecule has 3 rings (SSSR count). The van der Waals surface area contributed by atoms with Gasteiger partial charge in [0, 0.05) is 18.1 Å². The van der Waals surface area contributed by atoms with Crippen LogP contribution < -0.4 is 14.3 Å². The van der Waals surface area contributed by atoms with Gasteiger partial charge < -0.3 is 19.3 Å². The van der Waals surface area contributed by atoms with Crippen molar-refractivity contribution >= 4 is 33.5 Å². The second-order valence-corrected chi connectivity index (χ2v) is 7.81. The predicted molar refractivity (Wildman–Crippen MR) is 122 cm³/mol. The van der Waals surface area contributed by atoms with E-state index >= 15 is 0 Å². The number of methoxy groups -OCH3 is 3. The highest BCUT2D eigenvalue weighted by Crippen LogP contribution is 2.34. The van der Waals surface area contributed by atoms with Gasteiger partial charge in [0.25, 0.3) is 0 Å². The number of benzene rings is 2. The molecule has 0 bridgehead atoms. The number of halogens is 1. The molecule has 0 fully saturated rings. The number of hydrogen-bond acceptors (Lipinski definition) is 7. The van der Waals surface area contributed by atoms with Crippen LogP contribution in [0.5, 0.6) is 17.2 Å². The Morgan fingerprint density at radius 2 is 1.90 bits per heavy atom. The number of thiazole rings is 1. The molecule has 158 valence electrons. The number of phenolic OH excluding ortho intramolecular Hbond substituents is 1. The van der Waals surface area contributed by atoms with E-state index in [9.17, 15) is 5.11 Å². The lowest BCUT2D eigenvalue weighted by Gasteiger charge is -2.07. The Morgan fingerprint density at radius 3 is 2.57 bits per heavy atom. The van der Waals surface area contributed by atoms with Crippen molar-refractivity contribution in [2.45, 2.75) is 0 Å². The first-order valence-electron chi connectivity index (χ1n) is 9.02. The average molecular weight is 492 g/mol. The number of ether oxygens (including phenoxy) is 3. The number of aromatic nitrogens is 1. The summed E-state index contributed by atoms with van der Waals surface area (Å²) in [4.78, 5) is 5.35. The third kappa shape index (κ3) is 5.10. The molecule has 1 N–H and O–H groups in total. The minimum atomic E-state index is 0.0482. The maximum absolute atomic E-state index is 10.0. The topological polar surface area (TPSA) is 77.6 Å². The van der Waals surface area contributed by atoms with Crippen LogP contribution in [0.1, 0.15) is 5.56 Å². The van der Waals surface area contributed by atoms with Crippen LogP contribution in [0.4, 0.5) is 0 Å². The van der Waals surface area contributed by atoms with Crippen molar-refractivity contribution in [3.63, 3.8) is 0 Å². The lowest BCUT2D eigenvalue weighted by molar-refractivity contribution is 0.207. The largest absolute Gasteiger partial charge is 0.503 e. The minimum absolute atomic E-state index is 0.0482. The SMILES string of the molecule is COCCN=c1scc(-c2ccc(OC)cc2)n1/N=C/c1cc(Br)c(O)c(OC)c1. The summed E-state index contributed by atoms with van der Waals surface area (Å²) in [5.41, 5.74) is 2.65. The van der Waals surface area contributed by atoms with Gasteiger partial charge in [0.05, 0.1) is 43.8 Å². The van der Waals surface area contributed by atoms with Gasteiger partial charge in [-0.2, -0.15) is 5.10 Å². The fourth-order valence-corrected chi connectivity index (χ4v) is 3.98. The second-order valence-electron chi connectivity index (χ2n) is 6.12. The molecule has 0 aliphatic rings. The third-order valence-electron chi connectivity index (χ3n) is 4.21. The van der Waals surface area contributed by atoms with Crippen molar-refractivity contribution in [1.29, 1.82) is 0 Å². The lowest BCUT2D eigenvalue weighted by Crippen LogP contribution is -2.13. The van der Waals surface area contributed by atoms with Crippen molar-refractivity contribution in [2.75, 3.05) is 34.5 Å². The molecule has 1 heterocycles. The molecule has 1 aromatic heterocycles. The zero-order valence-electron chi connectivity index (χ0n) is 16.8. The Hall–Kier alpha value is -2.62. The van der Waals surface area contributed by atoms with Crippen LogP contribution in [0.3, 0.4) is 0 Å². The fraction of sp³-hybridized carbons (Fsp3) is 0.238. The molecule has 0 radical (unpaired) electrons. The van der Waals surface area contributed by atoms with Gasteiger partial charge in [-0.3, -0.25) is 4.99 Å². The van der Waals surface area contributed by atoms with Gasteiger partial charge >= 0.3 is 0 Å². The second kappa shape index (κ2) is 10.4. The molecule has 0 aliphatic heterocycles. The van der Waals surface area contributed by atoms with Crippen LogP contribution in [-0.2, 0) is 4.74 Å². The average Bonchev–Trinajstić information content (AvgIpc) is 3.17. The molecular weight excluding hydrogens is 470 g/mol. The number of hydrogen-bond donors (Lipinski definition) is 1. The minimum Gasteiger partial charge on any atom is -0.503 e. The molecule has 0 atom stereocenters. The summed E-state index contributed by atoms with van der Waals surface area (Å²) in [6.45, 7) is 1.06. The lowest BCUT2D eigenvalue weighted by atomic mass is 10.2. The van der Waals surface area contributed by atoms with E-state index in [0.717, 1.165) is 27.4 Å². The van der Waals surface area contributed by atoms with Gasteiger partial charge in [-0.1, -0.05) is 0 Å². The summed E-state index contributed by atoms with van der Waals surface area (Å²) in [5, 5.41) is 16.7. The van der Waals surface area contributed by atoms with Gasteiger partial charge in [-0.15, -0.1) is 11.3 Å². The van der Waals surface area contributed by atoms with Crippen LogP contribution in [0.2, 0.25) is 0 Å². The van der Waals surface area contributed by atoms with Crippen molar-refractivity contribution in [2.24, 2.45) is 10.1 Å². The summed E-state index contributed by atoms with van der Waals surface area (Å²) in [6.07, 6.45) is 1.70. The van der Waals surface area contributed by atoms with E-state index in [2.05, 4.69) is 26.0 Å². The van der Waals surface area contributed by atoms with Crippen molar-refractivity contribution < 1.29 is 19.3 Å². The maximum Gasteiger partial charge on any atom is 0.206 e. The van der Waals surface area contributed by atoms with Gasteiger partial charge in [0.1, 0.15) is 5.75 Å². The molecular formula is C21H22BrN3O4S. The quantitative estimate of drug-likeness (QED) is 0.379. The van der Waals surface area contributed by atoms with E-state index < -0.39 is 0 Å². The first-order chi connectivity index (χ1) is 14.6. The summed E-state index contributed by atoms with van der Waals surface area (Å²) < 4.78 is 17.9. The fourth-order valence-electron chi connectivity index (χ4n) is 2.66. The zero-order chi connectivity index (χ0) is 21.5. The van der Waals surface area contributed by atoms with Crippen LogP contribution in [-0.4, -0.2) is 50.5 Å². The highest BCUT2D eigenvalue weighted by Gasteiger charge is 2.10. The maximum atomic E-state index is 10.0. The molecule has 2 aromatic carbocycles. The highest BCUT2D eigenvalue weighted by molar-refractivity contribution is 9.10. The molecule has 9 heteroatoms. The van der Waals surface area contributed by atoms with E-state index in [1.54, 1.807) is 37.2 Å². The molecule has 3 aromatic rings. The van der Waals surface area contributed by atoms with Crippen molar-refractivity contribution in [1.82, 2.24) is 4.68 Å². The van der Waals surface area contributed by atoms with E-state index in [0.29, 0.717) is 23.4 Å². The van der Waals surface area contributed by atoms with Crippen LogP contribution in [0.15, 0.2) is 56.3 Å². The standard InChI is InChI=1S/C21H22BrN3O4S/c1-27-9-8-23-21-25(18(13-30-21)15-4-6-16(28-2)7-5-15)24-12-14-10-17(22)20(26)19(11-14)29-3/h4-7,10-13,26H,8-9H2,1-3H3/b23-21?,24-12+. The Bertz CT molecular complexity index is 1090. The first kappa shape index (κ1) is 22.1. The van der Waals surface area contributed by atoms with Crippen LogP contribution >= 0.6 is 27.3 Å². The van der Waals surface area contributed by atoms with Crippen LogP contribution in [0.25, 0.3) is 11.3 Å². The van der Waals surface area contributed by atoms with Crippen molar-refractivity contribution in [3.8, 4) is 28.5 Å². The zero-order valence-corrected chi connectivity index (χ0v) is 19.2. The summed E-state index contributed by atoms with van der Waals surface area (Å²) in [7, 11) is 4.79. The molecule has 0 saturated carbocycles. The summed E-state index contributed by atoms with van der Waals surface area (Å²) in [5.74, 6) is 1.20. The Morgan fingerprint density at radius 1 is 1.13 bits per heavy atom.